The van der Waals surface area contributed by atoms with Gasteiger partial charge in [-0.05, 0) is 24.6 Å². The van der Waals surface area contributed by atoms with Crippen molar-refractivity contribution in [2.24, 2.45) is 0 Å². The number of carbonyl (C=O) groups is 1. The largest absolute Gasteiger partial charge is 0.508 e. The molecule has 0 spiro atoms. The lowest BCUT2D eigenvalue weighted by Gasteiger charge is -2.42. The van der Waals surface area contributed by atoms with E-state index in [1.807, 2.05) is 0 Å². The van der Waals surface area contributed by atoms with Crippen molar-refractivity contribution in [3.8, 4) is 23.0 Å². The highest BCUT2D eigenvalue weighted by molar-refractivity contribution is 6.05. The van der Waals surface area contributed by atoms with Crippen LogP contribution in [-0.4, -0.2) is 73.2 Å². The number of aromatic hydroxyl groups is 3. The Morgan fingerprint density at radius 2 is 1.58 bits per heavy atom. The van der Waals surface area contributed by atoms with Gasteiger partial charge in [0.05, 0.1) is 6.10 Å². The number of ether oxygens (including phenoxy) is 3. The molecule has 1 unspecified atom stereocenters. The Hall–Kier alpha value is -2.89. The molecule has 2 aromatic rings. The minimum absolute atomic E-state index is 0.0176. The van der Waals surface area contributed by atoms with Gasteiger partial charge in [0.15, 0.2) is 18.5 Å². The van der Waals surface area contributed by atoms with E-state index in [0.717, 1.165) is 6.07 Å². The maximum atomic E-state index is 13.3. The van der Waals surface area contributed by atoms with Gasteiger partial charge in [0.1, 0.15) is 46.9 Å². The zero-order chi connectivity index (χ0) is 22.4. The lowest BCUT2D eigenvalue weighted by molar-refractivity contribution is -0.304. The number of rotatable bonds is 3. The Morgan fingerprint density at radius 3 is 2.26 bits per heavy atom. The lowest BCUT2D eigenvalue weighted by atomic mass is 9.92. The normalized spacial score (nSPS) is 32.9. The summed E-state index contributed by atoms with van der Waals surface area (Å²) in [4.78, 5) is 13.3. The second-order valence-electron chi connectivity index (χ2n) is 7.57. The molecule has 166 valence electrons. The van der Waals surface area contributed by atoms with E-state index >= 15 is 0 Å². The molecule has 4 rings (SSSR count). The first-order chi connectivity index (χ1) is 14.7. The first-order valence-corrected chi connectivity index (χ1v) is 9.58. The smallest absolute Gasteiger partial charge is 0.203 e. The number of phenols is 3. The third kappa shape index (κ3) is 3.80. The summed E-state index contributed by atoms with van der Waals surface area (Å²) in [5.74, 6) is -1.64. The fraction of sp³-hybridized carbons (Fsp3) is 0.381. The summed E-state index contributed by atoms with van der Waals surface area (Å²) in [5.41, 5.74) is 0.195. The van der Waals surface area contributed by atoms with E-state index in [4.69, 9.17) is 14.2 Å². The minimum Gasteiger partial charge on any atom is -0.508 e. The van der Waals surface area contributed by atoms with Crippen molar-refractivity contribution in [3.63, 3.8) is 0 Å². The standard InChI is InChI=1S/C21H22O10/c1-8-15(25)17(27)18(28)21(29-8)31-20-16(26)14-12(24)6-11(23)7-13(14)30-19(20)9-2-4-10(22)5-3-9/h2-8,15,17-25,27-28H,1H3/t8-,15+,17-,18-,19-,20?,21+/m1/s1. The molecule has 0 aliphatic carbocycles. The molecule has 31 heavy (non-hydrogen) atoms. The van der Waals surface area contributed by atoms with Crippen molar-refractivity contribution >= 4 is 5.78 Å². The van der Waals surface area contributed by atoms with Crippen molar-refractivity contribution in [1.29, 1.82) is 0 Å². The number of hydrogen-bond donors (Lipinski definition) is 6. The van der Waals surface area contributed by atoms with E-state index in [1.54, 1.807) is 0 Å². The first-order valence-electron chi connectivity index (χ1n) is 9.58. The molecular formula is C21H22O10. The quantitative estimate of drug-likeness (QED) is 0.396. The van der Waals surface area contributed by atoms with Crippen molar-refractivity contribution in [2.75, 3.05) is 0 Å². The molecule has 0 amide bonds. The van der Waals surface area contributed by atoms with Crippen LogP contribution in [0.4, 0.5) is 0 Å². The highest BCUT2D eigenvalue weighted by atomic mass is 16.7. The highest BCUT2D eigenvalue weighted by Crippen LogP contribution is 2.43. The van der Waals surface area contributed by atoms with Gasteiger partial charge in [-0.15, -0.1) is 0 Å². The van der Waals surface area contributed by atoms with E-state index in [1.165, 1.54) is 37.3 Å². The van der Waals surface area contributed by atoms with Crippen LogP contribution in [0.2, 0.25) is 0 Å². The molecule has 0 saturated carbocycles. The van der Waals surface area contributed by atoms with Crippen LogP contribution in [0.1, 0.15) is 28.9 Å². The molecular weight excluding hydrogens is 412 g/mol. The Labute approximate surface area is 176 Å². The number of hydrogen-bond acceptors (Lipinski definition) is 10. The van der Waals surface area contributed by atoms with Crippen LogP contribution in [0, 0.1) is 0 Å². The topological polar surface area (TPSA) is 166 Å². The summed E-state index contributed by atoms with van der Waals surface area (Å²) in [6.45, 7) is 1.47. The van der Waals surface area contributed by atoms with Crippen LogP contribution < -0.4 is 4.74 Å². The predicted octanol–water partition coefficient (Wildman–Crippen LogP) is 0.332. The number of aliphatic hydroxyl groups excluding tert-OH is 3. The second kappa shape index (κ2) is 7.98. The Kier molecular flexibility index (Phi) is 5.50. The fourth-order valence-electron chi connectivity index (χ4n) is 3.72. The average molecular weight is 434 g/mol. The second-order valence-corrected chi connectivity index (χ2v) is 7.57. The van der Waals surface area contributed by atoms with Crippen molar-refractivity contribution in [2.45, 2.75) is 49.8 Å². The number of fused-ring (bicyclic) bond motifs is 1. The van der Waals surface area contributed by atoms with E-state index in [9.17, 15) is 35.4 Å². The van der Waals surface area contributed by atoms with Crippen molar-refractivity contribution < 1.29 is 49.6 Å². The summed E-state index contributed by atoms with van der Waals surface area (Å²) in [5, 5.41) is 59.8. The number of benzene rings is 2. The average Bonchev–Trinajstić information content (AvgIpc) is 2.72. The molecule has 2 aliphatic rings. The fourth-order valence-corrected chi connectivity index (χ4v) is 3.72. The van der Waals surface area contributed by atoms with Crippen LogP contribution in [0.25, 0.3) is 0 Å². The predicted molar refractivity (Wildman–Crippen MR) is 103 cm³/mol. The zero-order valence-corrected chi connectivity index (χ0v) is 16.3. The van der Waals surface area contributed by atoms with Gasteiger partial charge < -0.3 is 44.8 Å². The molecule has 0 radical (unpaired) electrons. The van der Waals surface area contributed by atoms with Crippen LogP contribution in [0.15, 0.2) is 36.4 Å². The van der Waals surface area contributed by atoms with Crippen LogP contribution in [0.3, 0.4) is 0 Å². The molecule has 2 aromatic carbocycles. The summed E-state index contributed by atoms with van der Waals surface area (Å²) in [6, 6.07) is 7.90. The van der Waals surface area contributed by atoms with Crippen LogP contribution in [0.5, 0.6) is 23.0 Å². The molecule has 1 saturated heterocycles. The summed E-state index contributed by atoms with van der Waals surface area (Å²) in [6.07, 6.45) is -9.49. The maximum Gasteiger partial charge on any atom is 0.203 e. The van der Waals surface area contributed by atoms with Gasteiger partial charge in [-0.1, -0.05) is 12.1 Å². The van der Waals surface area contributed by atoms with Crippen molar-refractivity contribution in [1.82, 2.24) is 0 Å². The van der Waals surface area contributed by atoms with Gasteiger partial charge in [0, 0.05) is 12.1 Å². The van der Waals surface area contributed by atoms with Gasteiger partial charge in [-0.25, -0.2) is 0 Å². The molecule has 10 heteroatoms. The SMILES string of the molecule is C[C@H]1O[C@@H](OC2C(=O)c3c(O)cc(O)cc3O[C@@H]2c2ccc(O)cc2)[C@H](O)[C@H](O)[C@H]1O. The first kappa shape index (κ1) is 21.3. The lowest BCUT2D eigenvalue weighted by Crippen LogP contribution is -2.59. The summed E-state index contributed by atoms with van der Waals surface area (Å²) >= 11 is 0. The third-order valence-corrected chi connectivity index (χ3v) is 5.41. The summed E-state index contributed by atoms with van der Waals surface area (Å²) < 4.78 is 17.0. The monoisotopic (exact) mass is 434 g/mol. The van der Waals surface area contributed by atoms with E-state index < -0.39 is 54.4 Å². The van der Waals surface area contributed by atoms with E-state index in [0.29, 0.717) is 5.56 Å². The van der Waals surface area contributed by atoms with E-state index in [2.05, 4.69) is 0 Å². The Morgan fingerprint density at radius 1 is 0.903 bits per heavy atom. The molecule has 0 aromatic heterocycles. The molecule has 0 bridgehead atoms. The van der Waals surface area contributed by atoms with Crippen LogP contribution in [-0.2, 0) is 9.47 Å². The Bertz CT molecular complexity index is 975. The number of phenolic OH excluding ortho intramolecular Hbond substituents is 3. The maximum absolute atomic E-state index is 13.3. The molecule has 7 atom stereocenters. The van der Waals surface area contributed by atoms with Crippen molar-refractivity contribution in [3.05, 3.63) is 47.5 Å². The Balaban J connectivity index is 1.73. The number of ketones is 1. The molecule has 6 N–H and O–H groups in total. The van der Waals surface area contributed by atoms with Gasteiger partial charge in [-0.2, -0.15) is 0 Å². The van der Waals surface area contributed by atoms with Crippen LogP contribution >= 0.6 is 0 Å². The highest BCUT2D eigenvalue weighted by Gasteiger charge is 2.48. The number of aliphatic hydroxyl groups is 3. The van der Waals surface area contributed by atoms with Gasteiger partial charge in [-0.3, -0.25) is 4.79 Å². The van der Waals surface area contributed by atoms with Gasteiger partial charge in [0.2, 0.25) is 5.78 Å². The zero-order valence-electron chi connectivity index (χ0n) is 16.3. The van der Waals surface area contributed by atoms with Gasteiger partial charge in [0.25, 0.3) is 0 Å². The minimum atomic E-state index is -1.66. The molecule has 1 fully saturated rings. The molecule has 2 heterocycles. The number of carbonyl (C=O) groups excluding carboxylic acids is 1. The number of Topliss-reactive ketones (excluding diaryl/α,β-unsaturated/α-hetero) is 1. The third-order valence-electron chi connectivity index (χ3n) is 5.41. The summed E-state index contributed by atoms with van der Waals surface area (Å²) in [7, 11) is 0. The van der Waals surface area contributed by atoms with E-state index in [-0.39, 0.29) is 22.8 Å². The molecule has 2 aliphatic heterocycles. The van der Waals surface area contributed by atoms with Gasteiger partial charge >= 0.3 is 0 Å². The molecule has 10 nitrogen and oxygen atoms in total.